The average Bonchev–Trinajstić information content (AvgIpc) is 2.77. The van der Waals surface area contributed by atoms with E-state index in [-0.39, 0.29) is 11.7 Å². The summed E-state index contributed by atoms with van der Waals surface area (Å²) in [6, 6.07) is 13.1. The van der Waals surface area contributed by atoms with Gasteiger partial charge >= 0.3 is 6.18 Å². The number of ether oxygens (including phenoxy) is 2. The topological polar surface area (TPSA) is 84.0 Å². The van der Waals surface area contributed by atoms with Crippen LogP contribution in [0.3, 0.4) is 0 Å². The number of carbonyl (C=O) groups is 1. The molecule has 0 aliphatic heterocycles. The van der Waals surface area contributed by atoms with Crippen molar-refractivity contribution in [3.63, 3.8) is 0 Å². The molecule has 0 saturated heterocycles. The van der Waals surface area contributed by atoms with Crippen molar-refractivity contribution in [1.29, 1.82) is 0 Å². The highest BCUT2D eigenvalue weighted by Crippen LogP contribution is 2.18. The van der Waals surface area contributed by atoms with Crippen molar-refractivity contribution >= 4 is 11.9 Å². The number of hydrogen-bond donors (Lipinski definition) is 3. The van der Waals surface area contributed by atoms with Gasteiger partial charge in [0.1, 0.15) is 11.5 Å². The van der Waals surface area contributed by atoms with Crippen LogP contribution in [0.2, 0.25) is 0 Å². The Bertz CT molecular complexity index is 854. The van der Waals surface area contributed by atoms with E-state index in [1.54, 1.807) is 50.6 Å². The van der Waals surface area contributed by atoms with E-state index in [9.17, 15) is 18.0 Å². The Kier molecular flexibility index (Phi) is 8.98. The molecule has 0 saturated carbocycles. The molecule has 10 heteroatoms. The maximum atomic E-state index is 12.2. The van der Waals surface area contributed by atoms with E-state index in [0.29, 0.717) is 36.9 Å². The predicted octanol–water partition coefficient (Wildman–Crippen LogP) is 2.73. The van der Waals surface area contributed by atoms with Crippen molar-refractivity contribution in [1.82, 2.24) is 16.0 Å². The van der Waals surface area contributed by atoms with Crippen LogP contribution in [0, 0.1) is 0 Å². The number of aliphatic imine (C=N–C) groups is 1. The summed E-state index contributed by atoms with van der Waals surface area (Å²) < 4.78 is 46.3. The van der Waals surface area contributed by atoms with Gasteiger partial charge in [0, 0.05) is 32.2 Å². The summed E-state index contributed by atoms with van der Waals surface area (Å²) in [7, 11) is 3.17. The van der Waals surface area contributed by atoms with E-state index in [4.69, 9.17) is 4.74 Å². The monoisotopic (exact) mass is 438 g/mol. The number of hydrogen-bond acceptors (Lipinski definition) is 4. The van der Waals surface area contributed by atoms with Crippen molar-refractivity contribution in [2.24, 2.45) is 4.99 Å². The summed E-state index contributed by atoms with van der Waals surface area (Å²) in [6.07, 6.45) is -4.37. The van der Waals surface area contributed by atoms with Crippen LogP contribution in [-0.2, 0) is 6.54 Å². The molecule has 31 heavy (non-hydrogen) atoms. The Morgan fingerprint density at radius 3 is 2.13 bits per heavy atom. The van der Waals surface area contributed by atoms with Crippen molar-refractivity contribution in [3.8, 4) is 11.5 Å². The fourth-order valence-corrected chi connectivity index (χ4v) is 2.48. The minimum absolute atomic E-state index is 0.149. The van der Waals surface area contributed by atoms with Crippen molar-refractivity contribution in [2.45, 2.75) is 12.7 Å². The number of nitrogens with one attached hydrogen (secondary N) is 3. The molecule has 0 atom stereocenters. The van der Waals surface area contributed by atoms with E-state index >= 15 is 0 Å². The van der Waals surface area contributed by atoms with E-state index in [2.05, 4.69) is 25.7 Å². The molecule has 0 aromatic heterocycles. The van der Waals surface area contributed by atoms with Gasteiger partial charge in [0.05, 0.1) is 7.11 Å². The van der Waals surface area contributed by atoms with E-state index in [1.165, 1.54) is 12.1 Å². The van der Waals surface area contributed by atoms with Crippen LogP contribution < -0.4 is 25.4 Å². The molecule has 0 bridgehead atoms. The number of carbonyl (C=O) groups excluding carboxylic acids is 1. The van der Waals surface area contributed by atoms with Crippen LogP contribution in [0.5, 0.6) is 11.5 Å². The standard InChI is InChI=1S/C21H25F3N4O3/c1-25-20(27-12-11-26-19(29)16-5-9-17(30-2)10-6-16)28-13-15-3-7-18(8-4-15)31-14-21(22,23)24/h3-10H,11-14H2,1-2H3,(H,26,29)(H2,25,27,28). The molecular weight excluding hydrogens is 413 g/mol. The van der Waals surface area contributed by atoms with E-state index in [0.717, 1.165) is 5.56 Å². The average molecular weight is 438 g/mol. The van der Waals surface area contributed by atoms with Crippen LogP contribution in [-0.4, -0.2) is 51.9 Å². The quantitative estimate of drug-likeness (QED) is 0.319. The molecule has 0 radical (unpaired) electrons. The van der Waals surface area contributed by atoms with Gasteiger partial charge in [0.25, 0.3) is 5.91 Å². The molecule has 0 heterocycles. The second-order valence-electron chi connectivity index (χ2n) is 6.38. The number of rotatable bonds is 9. The summed E-state index contributed by atoms with van der Waals surface area (Å²) in [5, 5.41) is 8.95. The summed E-state index contributed by atoms with van der Waals surface area (Å²) in [6.45, 7) is -0.0732. The lowest BCUT2D eigenvalue weighted by Crippen LogP contribution is -2.41. The van der Waals surface area contributed by atoms with Crippen LogP contribution in [0.15, 0.2) is 53.5 Å². The molecule has 0 aliphatic carbocycles. The zero-order valence-electron chi connectivity index (χ0n) is 17.3. The normalized spacial score (nSPS) is 11.6. The first-order valence-corrected chi connectivity index (χ1v) is 9.46. The number of guanidine groups is 1. The largest absolute Gasteiger partial charge is 0.497 e. The van der Waals surface area contributed by atoms with E-state index in [1.807, 2.05) is 0 Å². The van der Waals surface area contributed by atoms with Gasteiger partial charge in [-0.3, -0.25) is 9.79 Å². The zero-order chi connectivity index (χ0) is 22.7. The van der Waals surface area contributed by atoms with Gasteiger partial charge in [0.15, 0.2) is 12.6 Å². The molecule has 168 valence electrons. The van der Waals surface area contributed by atoms with E-state index < -0.39 is 12.8 Å². The van der Waals surface area contributed by atoms with Gasteiger partial charge in [-0.2, -0.15) is 13.2 Å². The first-order valence-electron chi connectivity index (χ1n) is 9.46. The Balaban J connectivity index is 1.69. The van der Waals surface area contributed by atoms with Gasteiger partial charge in [-0.1, -0.05) is 12.1 Å². The Morgan fingerprint density at radius 2 is 1.55 bits per heavy atom. The second-order valence-corrected chi connectivity index (χ2v) is 6.38. The number of alkyl halides is 3. The maximum absolute atomic E-state index is 12.2. The third-order valence-electron chi connectivity index (χ3n) is 4.06. The Labute approximate surface area is 178 Å². The van der Waals surface area contributed by atoms with Crippen LogP contribution >= 0.6 is 0 Å². The first kappa shape index (κ1) is 23.8. The highest BCUT2D eigenvalue weighted by molar-refractivity contribution is 5.94. The summed E-state index contributed by atoms with van der Waals surface area (Å²) in [5.41, 5.74) is 1.38. The first-order chi connectivity index (χ1) is 14.8. The smallest absolute Gasteiger partial charge is 0.422 e. The lowest BCUT2D eigenvalue weighted by Gasteiger charge is -2.13. The minimum atomic E-state index is -4.37. The lowest BCUT2D eigenvalue weighted by atomic mass is 10.2. The molecule has 2 aromatic rings. The molecule has 2 rings (SSSR count). The van der Waals surface area contributed by atoms with Gasteiger partial charge in [0.2, 0.25) is 0 Å². The van der Waals surface area contributed by atoms with Gasteiger partial charge in [-0.05, 0) is 42.0 Å². The molecule has 0 fully saturated rings. The Morgan fingerprint density at radius 1 is 0.935 bits per heavy atom. The zero-order valence-corrected chi connectivity index (χ0v) is 17.3. The summed E-state index contributed by atoms with van der Waals surface area (Å²) >= 11 is 0. The lowest BCUT2D eigenvalue weighted by molar-refractivity contribution is -0.153. The molecule has 0 spiro atoms. The molecule has 0 unspecified atom stereocenters. The van der Waals surface area contributed by atoms with Crippen molar-refractivity contribution in [3.05, 3.63) is 59.7 Å². The molecule has 0 aliphatic rings. The van der Waals surface area contributed by atoms with Crippen molar-refractivity contribution < 1.29 is 27.4 Å². The van der Waals surface area contributed by atoms with Gasteiger partial charge in [-0.15, -0.1) is 0 Å². The number of nitrogens with zero attached hydrogens (tertiary/aromatic N) is 1. The Hall–Kier alpha value is -3.43. The SMILES string of the molecule is CN=C(NCCNC(=O)c1ccc(OC)cc1)NCc1ccc(OCC(F)(F)F)cc1. The third-order valence-corrected chi connectivity index (χ3v) is 4.06. The highest BCUT2D eigenvalue weighted by Gasteiger charge is 2.28. The van der Waals surface area contributed by atoms with Crippen LogP contribution in [0.1, 0.15) is 15.9 Å². The number of halogens is 3. The number of benzene rings is 2. The number of amides is 1. The molecule has 7 nitrogen and oxygen atoms in total. The van der Waals surface area contributed by atoms with Gasteiger partial charge in [-0.25, -0.2) is 0 Å². The summed E-state index contributed by atoms with van der Waals surface area (Å²) in [4.78, 5) is 16.2. The maximum Gasteiger partial charge on any atom is 0.422 e. The van der Waals surface area contributed by atoms with Gasteiger partial charge < -0.3 is 25.4 Å². The molecular formula is C21H25F3N4O3. The van der Waals surface area contributed by atoms with Crippen molar-refractivity contribution in [2.75, 3.05) is 33.9 Å². The third kappa shape index (κ3) is 8.85. The van der Waals surface area contributed by atoms with Crippen LogP contribution in [0.4, 0.5) is 13.2 Å². The molecule has 1 amide bonds. The minimum Gasteiger partial charge on any atom is -0.497 e. The number of methoxy groups -OCH3 is 1. The molecule has 2 aromatic carbocycles. The molecule has 3 N–H and O–H groups in total. The predicted molar refractivity (Wildman–Crippen MR) is 112 cm³/mol. The second kappa shape index (κ2) is 11.7. The fraction of sp³-hybridized carbons (Fsp3) is 0.333. The highest BCUT2D eigenvalue weighted by atomic mass is 19.4. The fourth-order valence-electron chi connectivity index (χ4n) is 2.48. The van der Waals surface area contributed by atoms with Crippen LogP contribution in [0.25, 0.3) is 0 Å². The summed E-state index contributed by atoms with van der Waals surface area (Å²) in [5.74, 6) is 1.16.